The van der Waals surface area contributed by atoms with Crippen molar-refractivity contribution in [2.24, 2.45) is 5.92 Å². The first-order valence-corrected chi connectivity index (χ1v) is 6.90. The first-order chi connectivity index (χ1) is 10.1. The molecule has 0 bridgehead atoms. The molecule has 1 saturated heterocycles. The maximum Gasteiger partial charge on any atom is 0.410 e. The Morgan fingerprint density at radius 1 is 1.24 bits per heavy atom. The molecular weight excluding hydrogens is 274 g/mol. The van der Waals surface area contributed by atoms with E-state index in [4.69, 9.17) is 14.9 Å². The van der Waals surface area contributed by atoms with Gasteiger partial charge in [0.1, 0.15) is 12.4 Å². The fourth-order valence-corrected chi connectivity index (χ4v) is 2.12. The predicted octanol–water partition coefficient (Wildman–Crippen LogP) is 0.915. The topological polar surface area (TPSA) is 87.1 Å². The fraction of sp³-hybridized carbons (Fsp3) is 0.467. The standard InChI is InChI=1S/C15H19NO5/c17-13(6-7-14(18)19)12-8-16(9-12)15(20)21-10-11-4-2-1-3-5-11/h1-5,12,14,18-19H,6-10H2. The van der Waals surface area contributed by atoms with E-state index in [1.165, 1.54) is 4.90 Å². The van der Waals surface area contributed by atoms with Crippen LogP contribution in [0.15, 0.2) is 30.3 Å². The number of Topliss-reactive ketones (excluding diaryl/α,β-unsaturated/α-hetero) is 1. The SMILES string of the molecule is O=C(CCC(O)O)C1CN(C(=O)OCc2ccccc2)C1. The van der Waals surface area contributed by atoms with Crippen LogP contribution in [0.2, 0.25) is 0 Å². The molecule has 1 aliphatic heterocycles. The number of aliphatic hydroxyl groups excluding tert-OH is 1. The summed E-state index contributed by atoms with van der Waals surface area (Å²) in [6.07, 6.45) is -1.73. The summed E-state index contributed by atoms with van der Waals surface area (Å²) in [5, 5.41) is 17.4. The number of amides is 1. The quantitative estimate of drug-likeness (QED) is 0.761. The van der Waals surface area contributed by atoms with E-state index < -0.39 is 12.4 Å². The number of carbonyl (C=O) groups excluding carboxylic acids is 2. The molecule has 1 aromatic rings. The van der Waals surface area contributed by atoms with Gasteiger partial charge in [-0.3, -0.25) is 4.79 Å². The second-order valence-corrected chi connectivity index (χ2v) is 5.13. The highest BCUT2D eigenvalue weighted by Gasteiger charge is 2.36. The van der Waals surface area contributed by atoms with Crippen LogP contribution < -0.4 is 0 Å². The average molecular weight is 293 g/mol. The van der Waals surface area contributed by atoms with Gasteiger partial charge in [-0.15, -0.1) is 0 Å². The van der Waals surface area contributed by atoms with Crippen LogP contribution in [0.1, 0.15) is 18.4 Å². The Hall–Kier alpha value is -1.92. The summed E-state index contributed by atoms with van der Waals surface area (Å²) in [4.78, 5) is 24.9. The predicted molar refractivity (Wildman–Crippen MR) is 74.2 cm³/mol. The number of ether oxygens (including phenoxy) is 1. The molecule has 21 heavy (non-hydrogen) atoms. The molecule has 0 radical (unpaired) electrons. The second-order valence-electron chi connectivity index (χ2n) is 5.13. The Labute approximate surface area is 122 Å². The normalized spacial score (nSPS) is 14.9. The number of hydrogen-bond acceptors (Lipinski definition) is 5. The molecule has 2 rings (SSSR count). The maximum absolute atomic E-state index is 11.7. The molecule has 0 atom stereocenters. The monoisotopic (exact) mass is 293 g/mol. The van der Waals surface area contributed by atoms with Gasteiger partial charge in [0, 0.05) is 25.9 Å². The lowest BCUT2D eigenvalue weighted by atomic mass is 9.93. The van der Waals surface area contributed by atoms with Gasteiger partial charge in [0.2, 0.25) is 0 Å². The third kappa shape index (κ3) is 4.54. The Kier molecular flexibility index (Phi) is 5.30. The van der Waals surface area contributed by atoms with Crippen molar-refractivity contribution in [3.8, 4) is 0 Å². The first kappa shape index (κ1) is 15.5. The zero-order chi connectivity index (χ0) is 15.2. The van der Waals surface area contributed by atoms with Crippen LogP contribution in [0.4, 0.5) is 4.79 Å². The van der Waals surface area contributed by atoms with Gasteiger partial charge in [-0.2, -0.15) is 0 Å². The number of carbonyl (C=O) groups is 2. The Bertz CT molecular complexity index is 482. The highest BCUT2D eigenvalue weighted by molar-refractivity contribution is 5.84. The molecule has 0 saturated carbocycles. The molecule has 1 heterocycles. The minimum atomic E-state index is -1.46. The van der Waals surface area contributed by atoms with Gasteiger partial charge in [-0.05, 0) is 5.56 Å². The third-order valence-electron chi connectivity index (χ3n) is 3.45. The van der Waals surface area contributed by atoms with E-state index in [9.17, 15) is 9.59 Å². The molecule has 0 spiro atoms. The van der Waals surface area contributed by atoms with Crippen molar-refractivity contribution < 1.29 is 24.5 Å². The van der Waals surface area contributed by atoms with Crippen LogP contribution in [-0.2, 0) is 16.1 Å². The van der Waals surface area contributed by atoms with Gasteiger partial charge < -0.3 is 19.8 Å². The summed E-state index contributed by atoms with van der Waals surface area (Å²) in [5.41, 5.74) is 0.913. The van der Waals surface area contributed by atoms with E-state index in [1.54, 1.807) is 0 Å². The van der Waals surface area contributed by atoms with Crippen molar-refractivity contribution in [2.45, 2.75) is 25.7 Å². The summed E-state index contributed by atoms with van der Waals surface area (Å²) >= 11 is 0. The molecule has 1 fully saturated rings. The van der Waals surface area contributed by atoms with Crippen LogP contribution in [0.3, 0.4) is 0 Å². The van der Waals surface area contributed by atoms with Crippen molar-refractivity contribution in [1.82, 2.24) is 4.90 Å². The minimum absolute atomic E-state index is 0.0355. The maximum atomic E-state index is 11.7. The van der Waals surface area contributed by atoms with Crippen LogP contribution in [0.5, 0.6) is 0 Å². The Morgan fingerprint density at radius 3 is 2.52 bits per heavy atom. The molecule has 0 aromatic heterocycles. The number of aliphatic hydroxyl groups is 2. The number of hydrogen-bond donors (Lipinski definition) is 2. The van der Waals surface area contributed by atoms with Crippen molar-refractivity contribution in [1.29, 1.82) is 0 Å². The van der Waals surface area contributed by atoms with Crippen LogP contribution in [-0.4, -0.2) is 46.4 Å². The van der Waals surface area contributed by atoms with Crippen LogP contribution >= 0.6 is 0 Å². The van der Waals surface area contributed by atoms with E-state index in [1.807, 2.05) is 30.3 Å². The van der Waals surface area contributed by atoms with E-state index in [2.05, 4.69) is 0 Å². The van der Waals surface area contributed by atoms with Crippen molar-refractivity contribution in [2.75, 3.05) is 13.1 Å². The fourth-order valence-electron chi connectivity index (χ4n) is 2.12. The lowest BCUT2D eigenvalue weighted by Gasteiger charge is -2.37. The van der Waals surface area contributed by atoms with Crippen LogP contribution in [0.25, 0.3) is 0 Å². The van der Waals surface area contributed by atoms with Gasteiger partial charge in [-0.1, -0.05) is 30.3 Å². The zero-order valence-corrected chi connectivity index (χ0v) is 11.6. The van der Waals surface area contributed by atoms with Crippen molar-refractivity contribution in [3.05, 3.63) is 35.9 Å². The number of benzene rings is 1. The summed E-state index contributed by atoms with van der Waals surface area (Å²) < 4.78 is 5.15. The summed E-state index contributed by atoms with van der Waals surface area (Å²) in [5.74, 6) is -0.261. The molecule has 114 valence electrons. The zero-order valence-electron chi connectivity index (χ0n) is 11.6. The molecule has 6 nitrogen and oxygen atoms in total. The molecule has 0 aliphatic carbocycles. The summed E-state index contributed by atoms with van der Waals surface area (Å²) in [6.45, 7) is 0.896. The minimum Gasteiger partial charge on any atom is -0.445 e. The van der Waals surface area contributed by atoms with E-state index in [0.717, 1.165) is 5.56 Å². The van der Waals surface area contributed by atoms with Gasteiger partial charge in [-0.25, -0.2) is 4.79 Å². The summed E-state index contributed by atoms with van der Waals surface area (Å²) in [6, 6.07) is 9.38. The number of nitrogens with zero attached hydrogens (tertiary/aromatic N) is 1. The highest BCUT2D eigenvalue weighted by atomic mass is 16.6. The number of rotatable bonds is 6. The lowest BCUT2D eigenvalue weighted by molar-refractivity contribution is -0.129. The average Bonchev–Trinajstić information content (AvgIpc) is 2.42. The number of ketones is 1. The van der Waals surface area contributed by atoms with E-state index >= 15 is 0 Å². The molecule has 1 aliphatic rings. The van der Waals surface area contributed by atoms with Crippen molar-refractivity contribution >= 4 is 11.9 Å². The van der Waals surface area contributed by atoms with Gasteiger partial charge in [0.15, 0.2) is 6.29 Å². The molecule has 1 amide bonds. The van der Waals surface area contributed by atoms with Gasteiger partial charge in [0.25, 0.3) is 0 Å². The van der Waals surface area contributed by atoms with Crippen molar-refractivity contribution in [3.63, 3.8) is 0 Å². The molecular formula is C15H19NO5. The summed E-state index contributed by atoms with van der Waals surface area (Å²) in [7, 11) is 0. The number of likely N-dealkylation sites (tertiary alicyclic amines) is 1. The van der Waals surface area contributed by atoms with Crippen LogP contribution in [0, 0.1) is 5.92 Å². The first-order valence-electron chi connectivity index (χ1n) is 6.90. The largest absolute Gasteiger partial charge is 0.445 e. The van der Waals surface area contributed by atoms with E-state index in [0.29, 0.717) is 13.1 Å². The lowest BCUT2D eigenvalue weighted by Crippen LogP contribution is -2.53. The Morgan fingerprint density at radius 2 is 1.90 bits per heavy atom. The third-order valence-corrected chi connectivity index (χ3v) is 3.45. The molecule has 0 unspecified atom stereocenters. The van der Waals surface area contributed by atoms with E-state index in [-0.39, 0.29) is 31.1 Å². The second kappa shape index (κ2) is 7.19. The molecule has 1 aromatic carbocycles. The highest BCUT2D eigenvalue weighted by Crippen LogP contribution is 2.20. The molecule has 2 N–H and O–H groups in total. The van der Waals surface area contributed by atoms with Gasteiger partial charge >= 0.3 is 6.09 Å². The smallest absolute Gasteiger partial charge is 0.410 e. The Balaban J connectivity index is 1.67. The molecule has 6 heteroatoms. The van der Waals surface area contributed by atoms with Gasteiger partial charge in [0.05, 0.1) is 5.92 Å².